The van der Waals surface area contributed by atoms with Crippen LogP contribution >= 0.6 is 0 Å². The van der Waals surface area contributed by atoms with E-state index in [-0.39, 0.29) is 17.2 Å². The normalized spacial score (nSPS) is 11.6. The third-order valence-corrected chi connectivity index (χ3v) is 2.52. The summed E-state index contributed by atoms with van der Waals surface area (Å²) in [5.41, 5.74) is -2.62. The van der Waals surface area contributed by atoms with E-state index >= 15 is 0 Å². The number of methoxy groups -OCH3 is 1. The molecule has 0 aliphatic heterocycles. The molecule has 1 aromatic heterocycles. The summed E-state index contributed by atoms with van der Waals surface area (Å²) in [6.45, 7) is 0. The molecule has 1 heterocycles. The van der Waals surface area contributed by atoms with E-state index in [0.29, 0.717) is 0 Å². The fourth-order valence-electron chi connectivity index (χ4n) is 1.66. The number of nitrogens with zero attached hydrogens (tertiary/aromatic N) is 1. The van der Waals surface area contributed by atoms with Crippen LogP contribution in [0.4, 0.5) is 18.9 Å². The van der Waals surface area contributed by atoms with Gasteiger partial charge >= 0.3 is 11.9 Å². The number of fused-ring (bicyclic) bond motifs is 1. The van der Waals surface area contributed by atoms with Crippen LogP contribution in [0.5, 0.6) is 5.75 Å². The summed E-state index contributed by atoms with van der Waals surface area (Å²) in [6, 6.07) is 2.47. The lowest BCUT2D eigenvalue weighted by Gasteiger charge is -2.08. The number of nitro benzene ring substituents is 1. The lowest BCUT2D eigenvalue weighted by Crippen LogP contribution is -2.11. The van der Waals surface area contributed by atoms with Gasteiger partial charge < -0.3 is 9.15 Å². The maximum atomic E-state index is 12.6. The summed E-state index contributed by atoms with van der Waals surface area (Å²) in [5, 5.41) is 10.6. The van der Waals surface area contributed by atoms with Crippen molar-refractivity contribution in [1.82, 2.24) is 0 Å². The second-order valence-corrected chi connectivity index (χ2v) is 3.72. The van der Waals surface area contributed by atoms with Crippen molar-refractivity contribution in [2.45, 2.75) is 6.18 Å². The zero-order valence-corrected chi connectivity index (χ0v) is 9.85. The van der Waals surface area contributed by atoms with Gasteiger partial charge in [0.1, 0.15) is 0 Å². The average Bonchev–Trinajstić information content (AvgIpc) is 2.35. The Morgan fingerprint density at radius 1 is 1.35 bits per heavy atom. The fourth-order valence-corrected chi connectivity index (χ4v) is 1.66. The van der Waals surface area contributed by atoms with E-state index in [1.165, 1.54) is 0 Å². The van der Waals surface area contributed by atoms with Crippen molar-refractivity contribution < 1.29 is 27.2 Å². The SMILES string of the molecule is COc1ccc2c(=O)cc(C(F)(F)F)oc2c1[N+](=O)[O-]. The molecule has 6 nitrogen and oxygen atoms in total. The lowest BCUT2D eigenvalue weighted by atomic mass is 10.2. The highest BCUT2D eigenvalue weighted by molar-refractivity contribution is 5.88. The van der Waals surface area contributed by atoms with Crippen molar-refractivity contribution in [2.75, 3.05) is 7.11 Å². The second-order valence-electron chi connectivity index (χ2n) is 3.72. The highest BCUT2D eigenvalue weighted by Gasteiger charge is 2.36. The van der Waals surface area contributed by atoms with E-state index in [9.17, 15) is 28.1 Å². The Hall–Kier alpha value is -2.58. The summed E-state index contributed by atoms with van der Waals surface area (Å²) in [4.78, 5) is 21.6. The molecule has 0 aliphatic carbocycles. The van der Waals surface area contributed by atoms with Gasteiger partial charge in [-0.3, -0.25) is 14.9 Å². The molecule has 1 aromatic carbocycles. The summed E-state index contributed by atoms with van der Waals surface area (Å²) in [6.07, 6.45) is -4.93. The van der Waals surface area contributed by atoms with Gasteiger partial charge in [-0.1, -0.05) is 0 Å². The Morgan fingerprint density at radius 3 is 2.50 bits per heavy atom. The number of hydrogen-bond donors (Lipinski definition) is 0. The fraction of sp³-hybridized carbons (Fsp3) is 0.182. The average molecular weight is 289 g/mol. The minimum Gasteiger partial charge on any atom is -0.490 e. The Bertz CT molecular complexity index is 750. The zero-order valence-electron chi connectivity index (χ0n) is 9.85. The number of benzene rings is 1. The first-order chi connectivity index (χ1) is 9.25. The van der Waals surface area contributed by atoms with Crippen LogP contribution in [-0.4, -0.2) is 12.0 Å². The summed E-state index contributed by atoms with van der Waals surface area (Å²) < 4.78 is 46.9. The van der Waals surface area contributed by atoms with Gasteiger partial charge in [-0.05, 0) is 12.1 Å². The Labute approximate surface area is 108 Å². The molecule has 0 saturated carbocycles. The number of rotatable bonds is 2. The summed E-state index contributed by atoms with van der Waals surface area (Å²) >= 11 is 0. The maximum absolute atomic E-state index is 12.6. The van der Waals surface area contributed by atoms with E-state index in [2.05, 4.69) is 4.42 Å². The molecule has 0 fully saturated rings. The second kappa shape index (κ2) is 4.51. The lowest BCUT2D eigenvalue weighted by molar-refractivity contribution is -0.384. The van der Waals surface area contributed by atoms with Crippen molar-refractivity contribution in [2.24, 2.45) is 0 Å². The molecule has 0 atom stereocenters. The molecular formula is C11H6F3NO5. The molecule has 0 radical (unpaired) electrons. The van der Waals surface area contributed by atoms with Gasteiger partial charge in [-0.2, -0.15) is 13.2 Å². The van der Waals surface area contributed by atoms with Crippen molar-refractivity contribution >= 4 is 16.7 Å². The predicted octanol–water partition coefficient (Wildman–Crippen LogP) is 2.73. The predicted molar refractivity (Wildman–Crippen MR) is 60.7 cm³/mol. The van der Waals surface area contributed by atoms with Gasteiger partial charge in [0.25, 0.3) is 0 Å². The Kier molecular flexibility index (Phi) is 3.12. The van der Waals surface area contributed by atoms with Crippen LogP contribution in [0.1, 0.15) is 5.76 Å². The van der Waals surface area contributed by atoms with E-state index in [1.54, 1.807) is 0 Å². The molecule has 0 spiro atoms. The number of ether oxygens (including phenoxy) is 1. The topological polar surface area (TPSA) is 82.6 Å². The highest BCUT2D eigenvalue weighted by atomic mass is 19.4. The monoisotopic (exact) mass is 289 g/mol. The first kappa shape index (κ1) is 13.8. The quantitative estimate of drug-likeness (QED) is 0.627. The maximum Gasteiger partial charge on any atom is 0.449 e. The molecule has 2 rings (SSSR count). The van der Waals surface area contributed by atoms with E-state index in [0.717, 1.165) is 19.2 Å². The van der Waals surface area contributed by atoms with Crippen LogP contribution in [-0.2, 0) is 6.18 Å². The van der Waals surface area contributed by atoms with Crippen molar-refractivity contribution in [3.05, 3.63) is 44.3 Å². The van der Waals surface area contributed by atoms with Gasteiger partial charge in [0.15, 0.2) is 5.43 Å². The molecule has 0 amide bonds. The van der Waals surface area contributed by atoms with Gasteiger partial charge in [0.2, 0.25) is 17.1 Å². The van der Waals surface area contributed by atoms with E-state index in [4.69, 9.17) is 4.74 Å². The molecular weight excluding hydrogens is 283 g/mol. The minimum atomic E-state index is -4.93. The first-order valence-electron chi connectivity index (χ1n) is 5.12. The highest BCUT2D eigenvalue weighted by Crippen LogP contribution is 2.37. The molecule has 0 N–H and O–H groups in total. The molecule has 9 heteroatoms. The van der Waals surface area contributed by atoms with Crippen LogP contribution in [0, 0.1) is 10.1 Å². The van der Waals surface area contributed by atoms with Crippen LogP contribution in [0.2, 0.25) is 0 Å². The number of halogens is 3. The summed E-state index contributed by atoms with van der Waals surface area (Å²) in [7, 11) is 1.11. The zero-order chi connectivity index (χ0) is 15.1. The molecule has 106 valence electrons. The third kappa shape index (κ3) is 2.17. The van der Waals surface area contributed by atoms with E-state index < -0.39 is 33.6 Å². The molecule has 0 saturated heterocycles. The smallest absolute Gasteiger partial charge is 0.449 e. The molecule has 0 bridgehead atoms. The van der Waals surface area contributed by atoms with E-state index in [1.807, 2.05) is 0 Å². The Morgan fingerprint density at radius 2 is 2.00 bits per heavy atom. The van der Waals surface area contributed by atoms with Crippen molar-refractivity contribution in [3.8, 4) is 5.75 Å². The minimum absolute atomic E-state index is 0.249. The number of hydrogen-bond acceptors (Lipinski definition) is 5. The van der Waals surface area contributed by atoms with Crippen LogP contribution in [0.15, 0.2) is 27.4 Å². The van der Waals surface area contributed by atoms with Gasteiger partial charge in [-0.25, -0.2) is 0 Å². The van der Waals surface area contributed by atoms with Crippen LogP contribution in [0.25, 0.3) is 11.0 Å². The standard InChI is InChI=1S/C11H6F3NO5/c1-19-7-3-2-5-6(16)4-8(11(12,13)14)20-10(5)9(7)15(17)18/h2-4H,1H3. The van der Waals surface area contributed by atoms with Crippen molar-refractivity contribution in [1.29, 1.82) is 0 Å². The van der Waals surface area contributed by atoms with Crippen LogP contribution in [0.3, 0.4) is 0 Å². The third-order valence-electron chi connectivity index (χ3n) is 2.52. The molecule has 0 unspecified atom stereocenters. The van der Waals surface area contributed by atoms with Crippen molar-refractivity contribution in [3.63, 3.8) is 0 Å². The largest absolute Gasteiger partial charge is 0.490 e. The molecule has 2 aromatic rings. The van der Waals surface area contributed by atoms with Gasteiger partial charge in [0.05, 0.1) is 17.4 Å². The number of alkyl halides is 3. The molecule has 20 heavy (non-hydrogen) atoms. The van der Waals surface area contributed by atoms with Crippen LogP contribution < -0.4 is 10.2 Å². The van der Waals surface area contributed by atoms with Gasteiger partial charge in [0, 0.05) is 6.07 Å². The van der Waals surface area contributed by atoms with Gasteiger partial charge in [-0.15, -0.1) is 0 Å². The molecule has 0 aliphatic rings. The Balaban J connectivity index is 2.95. The summed E-state index contributed by atoms with van der Waals surface area (Å²) in [5.74, 6) is -1.91. The number of nitro groups is 1. The first-order valence-corrected chi connectivity index (χ1v) is 5.12.